The summed E-state index contributed by atoms with van der Waals surface area (Å²) in [6, 6.07) is 7.69. The maximum Gasteiger partial charge on any atom is 0.279 e. The van der Waals surface area contributed by atoms with Gasteiger partial charge in [0.15, 0.2) is 0 Å². The van der Waals surface area contributed by atoms with Crippen molar-refractivity contribution in [2.24, 2.45) is 0 Å². The largest absolute Gasteiger partial charge is 0.379 e. The van der Waals surface area contributed by atoms with E-state index >= 15 is 0 Å². The first-order chi connectivity index (χ1) is 10.1. The van der Waals surface area contributed by atoms with Crippen LogP contribution in [0.5, 0.6) is 0 Å². The van der Waals surface area contributed by atoms with E-state index in [9.17, 15) is 8.42 Å². The summed E-state index contributed by atoms with van der Waals surface area (Å²) in [4.78, 5) is 0. The summed E-state index contributed by atoms with van der Waals surface area (Å²) in [6.45, 7) is 5.02. The number of rotatable bonds is 7. The van der Waals surface area contributed by atoms with Gasteiger partial charge in [0.25, 0.3) is 10.2 Å². The van der Waals surface area contributed by atoms with Gasteiger partial charge < -0.3 is 9.47 Å². The Bertz CT molecular complexity index is 542. The molecule has 2 rings (SSSR count). The highest BCUT2D eigenvalue weighted by atomic mass is 32.2. The lowest BCUT2D eigenvalue weighted by Crippen LogP contribution is -2.46. The summed E-state index contributed by atoms with van der Waals surface area (Å²) in [6.07, 6.45) is 0. The third-order valence-electron chi connectivity index (χ3n) is 3.34. The highest BCUT2D eigenvalue weighted by molar-refractivity contribution is 7.87. The minimum Gasteiger partial charge on any atom is -0.379 e. The van der Waals surface area contributed by atoms with E-state index in [1.54, 1.807) is 0 Å². The minimum absolute atomic E-state index is 0.267. The van der Waals surface area contributed by atoms with E-state index in [4.69, 9.17) is 9.47 Å². The van der Waals surface area contributed by atoms with Gasteiger partial charge in [-0.3, -0.25) is 0 Å². The number of hydrogen-bond acceptors (Lipinski definition) is 4. The fourth-order valence-electron chi connectivity index (χ4n) is 2.13. The molecule has 1 N–H and O–H groups in total. The summed E-state index contributed by atoms with van der Waals surface area (Å²) in [7, 11) is -3.46. The van der Waals surface area contributed by atoms with Crippen LogP contribution in [0.15, 0.2) is 24.3 Å². The van der Waals surface area contributed by atoms with Gasteiger partial charge in [0.1, 0.15) is 0 Å². The van der Waals surface area contributed by atoms with Gasteiger partial charge in [-0.05, 0) is 18.1 Å². The molecule has 1 aromatic rings. The second-order valence-electron chi connectivity index (χ2n) is 4.74. The van der Waals surface area contributed by atoms with Crippen LogP contribution in [0.3, 0.4) is 0 Å². The summed E-state index contributed by atoms with van der Waals surface area (Å²) < 4.78 is 39.1. The number of nitrogens with zero attached hydrogens (tertiary/aromatic N) is 1. The van der Waals surface area contributed by atoms with E-state index < -0.39 is 10.2 Å². The van der Waals surface area contributed by atoms with Crippen LogP contribution in [0.2, 0.25) is 0 Å². The van der Waals surface area contributed by atoms with Gasteiger partial charge in [-0.1, -0.05) is 24.3 Å². The molecule has 0 aliphatic carbocycles. The second kappa shape index (κ2) is 7.86. The molecule has 0 bridgehead atoms. The highest BCUT2D eigenvalue weighted by Gasteiger charge is 2.23. The molecular weight excluding hydrogens is 292 g/mol. The Labute approximate surface area is 126 Å². The molecule has 21 heavy (non-hydrogen) atoms. The molecule has 6 nitrogen and oxygen atoms in total. The van der Waals surface area contributed by atoms with Crippen molar-refractivity contribution in [3.05, 3.63) is 35.4 Å². The van der Waals surface area contributed by atoms with Crippen LogP contribution in [0.25, 0.3) is 0 Å². The zero-order chi connectivity index (χ0) is 15.1. The van der Waals surface area contributed by atoms with E-state index in [-0.39, 0.29) is 6.54 Å². The molecule has 0 radical (unpaired) electrons. The summed E-state index contributed by atoms with van der Waals surface area (Å²) in [5, 5.41) is 0. The molecule has 1 fully saturated rings. The third kappa shape index (κ3) is 4.76. The SMILES string of the molecule is CCOCc1ccccc1CNS(=O)(=O)N1CCOCC1. The van der Waals surface area contributed by atoms with Gasteiger partial charge in [0.2, 0.25) is 0 Å². The average molecular weight is 314 g/mol. The molecule has 1 aliphatic rings. The smallest absolute Gasteiger partial charge is 0.279 e. The van der Waals surface area contributed by atoms with Gasteiger partial charge in [-0.15, -0.1) is 0 Å². The average Bonchev–Trinajstić information content (AvgIpc) is 2.52. The number of nitrogens with one attached hydrogen (secondary N) is 1. The van der Waals surface area contributed by atoms with E-state index in [1.165, 1.54) is 4.31 Å². The number of morpholine rings is 1. The van der Waals surface area contributed by atoms with Crippen molar-refractivity contribution in [1.29, 1.82) is 0 Å². The van der Waals surface area contributed by atoms with Crippen molar-refractivity contribution in [3.8, 4) is 0 Å². The van der Waals surface area contributed by atoms with Crippen molar-refractivity contribution < 1.29 is 17.9 Å². The van der Waals surface area contributed by atoms with E-state index in [0.717, 1.165) is 11.1 Å². The predicted molar refractivity (Wildman–Crippen MR) is 79.9 cm³/mol. The van der Waals surface area contributed by atoms with Gasteiger partial charge in [0.05, 0.1) is 19.8 Å². The zero-order valence-electron chi connectivity index (χ0n) is 12.2. The minimum atomic E-state index is -3.46. The summed E-state index contributed by atoms with van der Waals surface area (Å²) in [5.74, 6) is 0. The number of hydrogen-bond donors (Lipinski definition) is 1. The Hall–Kier alpha value is -0.990. The van der Waals surface area contributed by atoms with Crippen LogP contribution in [0.4, 0.5) is 0 Å². The molecular formula is C14H22N2O4S. The molecule has 1 aliphatic heterocycles. The maximum atomic E-state index is 12.2. The first-order valence-electron chi connectivity index (χ1n) is 7.10. The third-order valence-corrected chi connectivity index (χ3v) is 4.89. The molecule has 118 valence electrons. The van der Waals surface area contributed by atoms with Crippen LogP contribution in [-0.4, -0.2) is 45.6 Å². The van der Waals surface area contributed by atoms with Crippen molar-refractivity contribution >= 4 is 10.2 Å². The Balaban J connectivity index is 1.98. The molecule has 1 aromatic carbocycles. The van der Waals surface area contributed by atoms with Crippen LogP contribution < -0.4 is 4.72 Å². The topological polar surface area (TPSA) is 67.9 Å². The van der Waals surface area contributed by atoms with Gasteiger partial charge in [-0.2, -0.15) is 17.4 Å². The number of ether oxygens (including phenoxy) is 2. The Morgan fingerprint density at radius 2 is 1.90 bits per heavy atom. The molecule has 7 heteroatoms. The lowest BCUT2D eigenvalue weighted by molar-refractivity contribution is 0.0724. The fraction of sp³-hybridized carbons (Fsp3) is 0.571. The predicted octanol–water partition coefficient (Wildman–Crippen LogP) is 0.890. The van der Waals surface area contributed by atoms with E-state index in [1.807, 2.05) is 31.2 Å². The van der Waals surface area contributed by atoms with Crippen molar-refractivity contribution in [3.63, 3.8) is 0 Å². The van der Waals surface area contributed by atoms with Crippen LogP contribution >= 0.6 is 0 Å². The first kappa shape index (κ1) is 16.4. The normalized spacial score (nSPS) is 17.0. The van der Waals surface area contributed by atoms with Gasteiger partial charge in [-0.25, -0.2) is 0 Å². The fourth-order valence-corrected chi connectivity index (χ4v) is 3.28. The zero-order valence-corrected chi connectivity index (χ0v) is 13.1. The molecule has 0 spiro atoms. The molecule has 0 unspecified atom stereocenters. The molecule has 1 saturated heterocycles. The summed E-state index contributed by atoms with van der Waals surface area (Å²) in [5.41, 5.74) is 1.94. The molecule has 0 atom stereocenters. The maximum absolute atomic E-state index is 12.2. The highest BCUT2D eigenvalue weighted by Crippen LogP contribution is 2.11. The Morgan fingerprint density at radius 3 is 2.57 bits per heavy atom. The van der Waals surface area contributed by atoms with Crippen molar-refractivity contribution in [2.45, 2.75) is 20.1 Å². The van der Waals surface area contributed by atoms with E-state index in [2.05, 4.69) is 4.72 Å². The van der Waals surface area contributed by atoms with Crippen molar-refractivity contribution in [2.75, 3.05) is 32.9 Å². The standard InChI is InChI=1S/C14H22N2O4S/c1-2-19-12-14-6-4-3-5-13(14)11-15-21(17,18)16-7-9-20-10-8-16/h3-6,15H,2,7-12H2,1H3. The van der Waals surface area contributed by atoms with Gasteiger partial charge in [0, 0.05) is 26.2 Å². The van der Waals surface area contributed by atoms with Crippen LogP contribution in [-0.2, 0) is 32.8 Å². The van der Waals surface area contributed by atoms with Gasteiger partial charge >= 0.3 is 0 Å². The summed E-state index contributed by atoms with van der Waals surface area (Å²) >= 11 is 0. The van der Waals surface area contributed by atoms with E-state index in [0.29, 0.717) is 39.5 Å². The lowest BCUT2D eigenvalue weighted by atomic mass is 10.1. The van der Waals surface area contributed by atoms with Crippen LogP contribution in [0.1, 0.15) is 18.1 Å². The Morgan fingerprint density at radius 1 is 1.24 bits per heavy atom. The number of benzene rings is 1. The quantitative estimate of drug-likeness (QED) is 0.811. The first-order valence-corrected chi connectivity index (χ1v) is 8.54. The van der Waals surface area contributed by atoms with Crippen molar-refractivity contribution in [1.82, 2.24) is 9.03 Å². The molecule has 0 amide bonds. The monoisotopic (exact) mass is 314 g/mol. The molecule has 0 saturated carbocycles. The van der Waals surface area contributed by atoms with Crippen LogP contribution in [0, 0.1) is 0 Å². The lowest BCUT2D eigenvalue weighted by Gasteiger charge is -2.26. The second-order valence-corrected chi connectivity index (χ2v) is 6.50. The molecule has 0 aromatic heterocycles. The Kier molecular flexibility index (Phi) is 6.13. The molecule has 1 heterocycles.